The van der Waals surface area contributed by atoms with Crippen molar-refractivity contribution in [2.45, 2.75) is 44.7 Å². The number of carbonyl (C=O) groups is 2. The van der Waals surface area contributed by atoms with Crippen LogP contribution in [0, 0.1) is 17.6 Å². The van der Waals surface area contributed by atoms with Crippen LogP contribution in [0.25, 0.3) is 0 Å². The van der Waals surface area contributed by atoms with Crippen LogP contribution in [0.15, 0.2) is 18.2 Å². The molecule has 28 heavy (non-hydrogen) atoms. The Morgan fingerprint density at radius 3 is 2.43 bits per heavy atom. The number of urea groups is 1. The lowest BCUT2D eigenvalue weighted by atomic mass is 9.85. The van der Waals surface area contributed by atoms with Crippen LogP contribution in [-0.2, 0) is 4.79 Å². The van der Waals surface area contributed by atoms with Crippen molar-refractivity contribution in [3.05, 3.63) is 35.4 Å². The van der Waals surface area contributed by atoms with Crippen molar-refractivity contribution in [2.75, 3.05) is 24.6 Å². The number of amides is 3. The molecule has 1 saturated carbocycles. The number of hydrogen-bond acceptors (Lipinski definition) is 3. The van der Waals surface area contributed by atoms with Crippen LogP contribution in [0.4, 0.5) is 13.6 Å². The monoisotopic (exact) mass is 411 g/mol. The SMILES string of the molecule is CC(NC(=O)NC1CCC(C(=O)N2CCSCC2)CC1)c1ccc(F)c(F)c1. The largest absolute Gasteiger partial charge is 0.341 e. The fraction of sp³-hybridized carbons (Fsp3) is 0.600. The highest BCUT2D eigenvalue weighted by Crippen LogP contribution is 2.27. The van der Waals surface area contributed by atoms with E-state index < -0.39 is 17.7 Å². The molecule has 1 aromatic carbocycles. The molecule has 2 N–H and O–H groups in total. The molecule has 154 valence electrons. The number of nitrogens with one attached hydrogen (secondary N) is 2. The Hall–Kier alpha value is -1.83. The van der Waals surface area contributed by atoms with E-state index in [9.17, 15) is 18.4 Å². The summed E-state index contributed by atoms with van der Waals surface area (Å²) in [6.45, 7) is 3.40. The molecule has 2 aliphatic rings. The van der Waals surface area contributed by atoms with Crippen molar-refractivity contribution in [1.82, 2.24) is 15.5 Å². The van der Waals surface area contributed by atoms with Crippen LogP contribution < -0.4 is 10.6 Å². The van der Waals surface area contributed by atoms with E-state index in [2.05, 4.69) is 10.6 Å². The fourth-order valence-electron chi connectivity index (χ4n) is 3.82. The van der Waals surface area contributed by atoms with Gasteiger partial charge in [0.25, 0.3) is 0 Å². The standard InChI is InChI=1S/C20H27F2N3O2S/c1-13(15-4-7-17(21)18(22)12-15)23-20(27)24-16-5-2-14(3-6-16)19(26)25-8-10-28-11-9-25/h4,7,12-14,16H,2-3,5-6,8-11H2,1H3,(H2,23,24,27). The molecule has 0 radical (unpaired) electrons. The predicted molar refractivity (Wildman–Crippen MR) is 106 cm³/mol. The average molecular weight is 412 g/mol. The third-order valence-corrected chi connectivity index (χ3v) is 6.47. The summed E-state index contributed by atoms with van der Waals surface area (Å²) in [6.07, 6.45) is 3.11. The summed E-state index contributed by atoms with van der Waals surface area (Å²) in [5.74, 6) is 0.509. The Morgan fingerprint density at radius 2 is 1.79 bits per heavy atom. The molecule has 1 unspecified atom stereocenters. The highest BCUT2D eigenvalue weighted by atomic mass is 32.2. The predicted octanol–water partition coefficient (Wildman–Crippen LogP) is 3.46. The normalized spacial score (nSPS) is 23.8. The molecule has 1 saturated heterocycles. The Morgan fingerprint density at radius 1 is 1.11 bits per heavy atom. The van der Waals surface area contributed by atoms with Crippen LogP contribution in [0.1, 0.15) is 44.2 Å². The maximum Gasteiger partial charge on any atom is 0.315 e. The Balaban J connectivity index is 1.43. The van der Waals surface area contributed by atoms with Crippen molar-refractivity contribution < 1.29 is 18.4 Å². The van der Waals surface area contributed by atoms with Crippen LogP contribution in [-0.4, -0.2) is 47.5 Å². The van der Waals surface area contributed by atoms with E-state index in [1.807, 2.05) is 16.7 Å². The van der Waals surface area contributed by atoms with Crippen LogP contribution >= 0.6 is 11.8 Å². The van der Waals surface area contributed by atoms with Gasteiger partial charge in [0.15, 0.2) is 11.6 Å². The van der Waals surface area contributed by atoms with Gasteiger partial charge in [0.1, 0.15) is 0 Å². The zero-order chi connectivity index (χ0) is 20.1. The maximum atomic E-state index is 13.4. The minimum atomic E-state index is -0.929. The Kier molecular flexibility index (Phi) is 7.15. The number of nitrogens with zero attached hydrogens (tertiary/aromatic N) is 1. The first-order chi connectivity index (χ1) is 13.4. The molecule has 1 atom stereocenters. The summed E-state index contributed by atoms with van der Waals surface area (Å²) in [4.78, 5) is 26.8. The van der Waals surface area contributed by atoms with E-state index in [-0.39, 0.29) is 23.9 Å². The molecule has 1 aliphatic heterocycles. The van der Waals surface area contributed by atoms with Crippen LogP contribution in [0.3, 0.4) is 0 Å². The van der Waals surface area contributed by atoms with Gasteiger partial charge in [-0.3, -0.25) is 4.79 Å². The molecule has 3 amide bonds. The summed E-state index contributed by atoms with van der Waals surface area (Å²) < 4.78 is 26.4. The summed E-state index contributed by atoms with van der Waals surface area (Å²) in [6, 6.07) is 2.86. The zero-order valence-corrected chi connectivity index (χ0v) is 16.9. The molecule has 0 spiro atoms. The third-order valence-electron chi connectivity index (χ3n) is 5.53. The van der Waals surface area contributed by atoms with E-state index in [1.165, 1.54) is 6.07 Å². The minimum absolute atomic E-state index is 0.0260. The lowest BCUT2D eigenvalue weighted by Crippen LogP contribution is -2.47. The van der Waals surface area contributed by atoms with Gasteiger partial charge >= 0.3 is 6.03 Å². The van der Waals surface area contributed by atoms with E-state index in [0.717, 1.165) is 62.4 Å². The lowest BCUT2D eigenvalue weighted by molar-refractivity contribution is -0.136. The highest BCUT2D eigenvalue weighted by Gasteiger charge is 2.30. The molecule has 1 heterocycles. The quantitative estimate of drug-likeness (QED) is 0.798. The second-order valence-corrected chi connectivity index (χ2v) is 8.72. The second-order valence-electron chi connectivity index (χ2n) is 7.50. The second kappa shape index (κ2) is 9.58. The first-order valence-electron chi connectivity index (χ1n) is 9.82. The number of carbonyl (C=O) groups excluding carboxylic acids is 2. The summed E-state index contributed by atoms with van der Waals surface area (Å²) in [7, 11) is 0. The van der Waals surface area contributed by atoms with Crippen LogP contribution in [0.2, 0.25) is 0 Å². The molecule has 0 aromatic heterocycles. The van der Waals surface area contributed by atoms with Gasteiger partial charge in [0.2, 0.25) is 5.91 Å². The smallest absolute Gasteiger partial charge is 0.315 e. The maximum absolute atomic E-state index is 13.4. The third kappa shape index (κ3) is 5.37. The van der Waals surface area contributed by atoms with Crippen molar-refractivity contribution in [2.24, 2.45) is 5.92 Å². The molecule has 5 nitrogen and oxygen atoms in total. The van der Waals surface area contributed by atoms with Gasteiger partial charge in [-0.2, -0.15) is 11.8 Å². The topological polar surface area (TPSA) is 61.4 Å². The Bertz CT molecular complexity index is 705. The van der Waals surface area contributed by atoms with Gasteiger partial charge in [-0.25, -0.2) is 13.6 Å². The molecular formula is C20H27F2N3O2S. The Labute approximate surface area is 168 Å². The zero-order valence-electron chi connectivity index (χ0n) is 16.0. The number of benzene rings is 1. The summed E-state index contributed by atoms with van der Waals surface area (Å²) in [5, 5.41) is 5.70. The van der Waals surface area contributed by atoms with Crippen molar-refractivity contribution >= 4 is 23.7 Å². The van der Waals surface area contributed by atoms with E-state index in [4.69, 9.17) is 0 Å². The van der Waals surface area contributed by atoms with E-state index in [0.29, 0.717) is 5.56 Å². The van der Waals surface area contributed by atoms with Gasteiger partial charge in [-0.1, -0.05) is 6.07 Å². The molecule has 2 fully saturated rings. The number of thioether (sulfide) groups is 1. The van der Waals surface area contributed by atoms with Gasteiger partial charge < -0.3 is 15.5 Å². The van der Waals surface area contributed by atoms with Gasteiger partial charge in [0.05, 0.1) is 6.04 Å². The van der Waals surface area contributed by atoms with Gasteiger partial charge in [0, 0.05) is 36.6 Å². The van der Waals surface area contributed by atoms with Crippen LogP contribution in [0.5, 0.6) is 0 Å². The first-order valence-corrected chi connectivity index (χ1v) is 11.0. The number of rotatable bonds is 4. The molecule has 8 heteroatoms. The first kappa shape index (κ1) is 20.9. The van der Waals surface area contributed by atoms with E-state index in [1.54, 1.807) is 6.92 Å². The average Bonchev–Trinajstić information content (AvgIpc) is 2.70. The van der Waals surface area contributed by atoms with Crippen molar-refractivity contribution in [1.29, 1.82) is 0 Å². The lowest BCUT2D eigenvalue weighted by Gasteiger charge is -2.34. The molecule has 1 aromatic rings. The molecular weight excluding hydrogens is 384 g/mol. The van der Waals surface area contributed by atoms with Gasteiger partial charge in [-0.05, 0) is 50.3 Å². The summed E-state index contributed by atoms with van der Waals surface area (Å²) in [5.41, 5.74) is 0.503. The van der Waals surface area contributed by atoms with Crippen molar-refractivity contribution in [3.8, 4) is 0 Å². The molecule has 1 aliphatic carbocycles. The molecule has 0 bridgehead atoms. The minimum Gasteiger partial charge on any atom is -0.341 e. The molecule has 3 rings (SSSR count). The van der Waals surface area contributed by atoms with Gasteiger partial charge in [-0.15, -0.1) is 0 Å². The fourth-order valence-corrected chi connectivity index (χ4v) is 4.72. The van der Waals surface area contributed by atoms with E-state index >= 15 is 0 Å². The number of halogens is 2. The highest BCUT2D eigenvalue weighted by molar-refractivity contribution is 7.99. The number of hydrogen-bond donors (Lipinski definition) is 2. The van der Waals surface area contributed by atoms with Crippen molar-refractivity contribution in [3.63, 3.8) is 0 Å². The summed E-state index contributed by atoms with van der Waals surface area (Å²) >= 11 is 1.89.